The highest BCUT2D eigenvalue weighted by Gasteiger charge is 2.56. The van der Waals surface area contributed by atoms with Gasteiger partial charge in [0, 0.05) is 6.08 Å². The van der Waals surface area contributed by atoms with E-state index >= 15 is 0 Å². The van der Waals surface area contributed by atoms with Gasteiger partial charge in [0.25, 0.3) is 0 Å². The topological polar surface area (TPSA) is 37.3 Å². The Morgan fingerprint density at radius 2 is 2.00 bits per heavy atom. The lowest BCUT2D eigenvalue weighted by Crippen LogP contribution is -2.48. The van der Waals surface area contributed by atoms with E-state index in [0.717, 1.165) is 18.3 Å². The molecule has 0 unspecified atom stereocenters. The van der Waals surface area contributed by atoms with Crippen LogP contribution in [0.2, 0.25) is 0 Å². The number of carbonyl (C=O) groups is 1. The van der Waals surface area contributed by atoms with E-state index in [1.807, 2.05) is 0 Å². The summed E-state index contributed by atoms with van der Waals surface area (Å²) in [5.41, 5.74) is 3.27. The van der Waals surface area contributed by atoms with Crippen molar-refractivity contribution in [3.8, 4) is 0 Å². The Kier molecular flexibility index (Phi) is 3.37. The fourth-order valence-electron chi connectivity index (χ4n) is 6.53. The van der Waals surface area contributed by atoms with Crippen LogP contribution in [0.25, 0.3) is 0 Å². The van der Waals surface area contributed by atoms with Gasteiger partial charge >= 0.3 is 5.97 Å². The maximum atomic E-state index is 11.2. The standard InChI is InChI=1S/C21H28O2/c1-20-11-4-3-5-14(20)6-8-16-17-9-7-15(13-19(22)23)21(17,2)12-10-18(16)20/h3,5-6,13,16-18H,4,7-12H2,1-2H3,(H,22,23)/t16-,17-,18-,20-,21+/m0/s1. The number of fused-ring (bicyclic) bond motifs is 5. The molecule has 124 valence electrons. The summed E-state index contributed by atoms with van der Waals surface area (Å²) in [6.45, 7) is 4.84. The molecular formula is C21H28O2. The van der Waals surface area contributed by atoms with Gasteiger partial charge in [0.05, 0.1) is 0 Å². The predicted octanol–water partition coefficient (Wildman–Crippen LogP) is 5.13. The third-order valence-corrected chi connectivity index (χ3v) is 7.80. The minimum absolute atomic E-state index is 0.131. The van der Waals surface area contributed by atoms with Crippen LogP contribution < -0.4 is 0 Å². The van der Waals surface area contributed by atoms with Crippen LogP contribution in [0.15, 0.2) is 35.5 Å². The highest BCUT2D eigenvalue weighted by molar-refractivity contribution is 5.81. The molecule has 2 heteroatoms. The van der Waals surface area contributed by atoms with Crippen LogP contribution in [0.4, 0.5) is 0 Å². The molecule has 23 heavy (non-hydrogen) atoms. The quantitative estimate of drug-likeness (QED) is 0.682. The van der Waals surface area contributed by atoms with E-state index in [1.54, 1.807) is 5.57 Å². The average Bonchev–Trinajstić information content (AvgIpc) is 2.83. The summed E-state index contributed by atoms with van der Waals surface area (Å²) in [6.07, 6.45) is 17.0. The zero-order valence-corrected chi connectivity index (χ0v) is 14.3. The Morgan fingerprint density at radius 3 is 2.78 bits per heavy atom. The molecule has 0 aromatic heterocycles. The first-order valence-corrected chi connectivity index (χ1v) is 9.26. The molecule has 0 bridgehead atoms. The summed E-state index contributed by atoms with van der Waals surface area (Å²) in [6, 6.07) is 0. The van der Waals surface area contributed by atoms with Crippen LogP contribution >= 0.6 is 0 Å². The second-order valence-electron chi connectivity index (χ2n) is 8.63. The number of carboxylic acids is 1. The van der Waals surface area contributed by atoms with Gasteiger partial charge in [0.1, 0.15) is 0 Å². The zero-order valence-electron chi connectivity index (χ0n) is 14.3. The summed E-state index contributed by atoms with van der Waals surface area (Å²) < 4.78 is 0. The van der Waals surface area contributed by atoms with Gasteiger partial charge in [0.2, 0.25) is 0 Å². The number of carboxylic acid groups (broad SMARTS) is 1. The van der Waals surface area contributed by atoms with E-state index in [2.05, 4.69) is 32.1 Å². The first kappa shape index (κ1) is 15.2. The Balaban J connectivity index is 1.70. The molecule has 5 atom stereocenters. The van der Waals surface area contributed by atoms with E-state index in [4.69, 9.17) is 0 Å². The molecular weight excluding hydrogens is 284 g/mol. The molecule has 0 heterocycles. The van der Waals surface area contributed by atoms with Crippen LogP contribution in [0.3, 0.4) is 0 Å². The summed E-state index contributed by atoms with van der Waals surface area (Å²) in [5, 5.41) is 9.21. The normalized spacial score (nSPS) is 46.8. The first-order chi connectivity index (χ1) is 10.9. The fourth-order valence-corrected chi connectivity index (χ4v) is 6.53. The van der Waals surface area contributed by atoms with Gasteiger partial charge in [-0.15, -0.1) is 0 Å². The zero-order chi connectivity index (χ0) is 16.2. The van der Waals surface area contributed by atoms with Gasteiger partial charge in [0.15, 0.2) is 0 Å². The molecule has 4 aliphatic rings. The van der Waals surface area contributed by atoms with E-state index in [0.29, 0.717) is 11.3 Å². The molecule has 0 spiro atoms. The molecule has 0 aliphatic heterocycles. The SMILES string of the molecule is C[C@]12CCC=CC1=CC[C@@H]1[C@@H]2CC[C@]2(C)C(=CC(=O)O)CC[C@@H]12. The van der Waals surface area contributed by atoms with Gasteiger partial charge in [-0.3, -0.25) is 0 Å². The van der Waals surface area contributed by atoms with Gasteiger partial charge < -0.3 is 5.11 Å². The summed E-state index contributed by atoms with van der Waals surface area (Å²) >= 11 is 0. The monoisotopic (exact) mass is 312 g/mol. The second kappa shape index (κ2) is 5.09. The van der Waals surface area contributed by atoms with Crippen LogP contribution in [0.1, 0.15) is 58.8 Å². The summed E-state index contributed by atoms with van der Waals surface area (Å²) in [5.74, 6) is 1.44. The van der Waals surface area contributed by atoms with Gasteiger partial charge in [-0.1, -0.05) is 37.6 Å². The lowest BCUT2D eigenvalue weighted by Gasteiger charge is -2.56. The van der Waals surface area contributed by atoms with Crippen LogP contribution in [0, 0.1) is 28.6 Å². The largest absolute Gasteiger partial charge is 0.478 e. The Morgan fingerprint density at radius 1 is 1.22 bits per heavy atom. The number of aliphatic carboxylic acids is 1. The first-order valence-electron chi connectivity index (χ1n) is 9.26. The van der Waals surface area contributed by atoms with E-state index < -0.39 is 5.97 Å². The minimum atomic E-state index is -0.765. The number of hydrogen-bond donors (Lipinski definition) is 1. The number of hydrogen-bond acceptors (Lipinski definition) is 1. The molecule has 2 saturated carbocycles. The van der Waals surface area contributed by atoms with Crippen molar-refractivity contribution in [1.82, 2.24) is 0 Å². The molecule has 4 rings (SSSR count). The van der Waals surface area contributed by atoms with Crippen molar-refractivity contribution in [1.29, 1.82) is 0 Å². The summed E-state index contributed by atoms with van der Waals surface area (Å²) in [7, 11) is 0. The van der Waals surface area contributed by atoms with Crippen molar-refractivity contribution in [2.45, 2.75) is 58.8 Å². The number of rotatable bonds is 1. The highest BCUT2D eigenvalue weighted by Crippen LogP contribution is 2.65. The Hall–Kier alpha value is -1.31. The van der Waals surface area contributed by atoms with Crippen LogP contribution in [0.5, 0.6) is 0 Å². The van der Waals surface area contributed by atoms with Crippen molar-refractivity contribution >= 4 is 5.97 Å². The third-order valence-electron chi connectivity index (χ3n) is 7.80. The van der Waals surface area contributed by atoms with Crippen LogP contribution in [-0.4, -0.2) is 11.1 Å². The highest BCUT2D eigenvalue weighted by atomic mass is 16.4. The van der Waals surface area contributed by atoms with E-state index in [-0.39, 0.29) is 5.41 Å². The van der Waals surface area contributed by atoms with Crippen molar-refractivity contribution < 1.29 is 9.90 Å². The van der Waals surface area contributed by atoms with Gasteiger partial charge in [-0.05, 0) is 79.1 Å². The van der Waals surface area contributed by atoms with Crippen molar-refractivity contribution in [2.75, 3.05) is 0 Å². The maximum Gasteiger partial charge on any atom is 0.328 e. The van der Waals surface area contributed by atoms with Crippen molar-refractivity contribution in [3.63, 3.8) is 0 Å². The smallest absolute Gasteiger partial charge is 0.328 e. The third kappa shape index (κ3) is 2.10. The molecule has 4 aliphatic carbocycles. The van der Waals surface area contributed by atoms with E-state index in [9.17, 15) is 9.90 Å². The van der Waals surface area contributed by atoms with Gasteiger partial charge in [-0.2, -0.15) is 0 Å². The molecule has 2 fully saturated rings. The number of allylic oxidation sites excluding steroid dienone is 5. The second-order valence-corrected chi connectivity index (χ2v) is 8.63. The summed E-state index contributed by atoms with van der Waals surface area (Å²) in [4.78, 5) is 11.2. The molecule has 2 nitrogen and oxygen atoms in total. The molecule has 1 N–H and O–H groups in total. The van der Waals surface area contributed by atoms with E-state index in [1.165, 1.54) is 50.2 Å². The lowest BCUT2D eigenvalue weighted by molar-refractivity contribution is -0.131. The molecule has 0 aromatic rings. The van der Waals surface area contributed by atoms with Crippen molar-refractivity contribution in [2.24, 2.45) is 28.6 Å². The Bertz CT molecular complexity index is 626. The Labute approximate surface area is 139 Å². The predicted molar refractivity (Wildman–Crippen MR) is 91.9 cm³/mol. The van der Waals surface area contributed by atoms with Gasteiger partial charge in [-0.25, -0.2) is 4.79 Å². The van der Waals surface area contributed by atoms with Crippen molar-refractivity contribution in [3.05, 3.63) is 35.5 Å². The lowest BCUT2D eigenvalue weighted by atomic mass is 9.48. The average molecular weight is 312 g/mol. The minimum Gasteiger partial charge on any atom is -0.478 e. The van der Waals surface area contributed by atoms with Crippen LogP contribution in [-0.2, 0) is 4.79 Å². The molecule has 0 aromatic carbocycles. The fraction of sp³-hybridized carbons (Fsp3) is 0.667. The molecule has 0 saturated heterocycles. The maximum absolute atomic E-state index is 11.2. The molecule has 0 amide bonds. The molecule has 0 radical (unpaired) electrons.